The van der Waals surface area contributed by atoms with Crippen molar-refractivity contribution in [2.75, 3.05) is 6.26 Å². The minimum atomic E-state index is -0.0867. The first-order chi connectivity index (χ1) is 7.15. The lowest BCUT2D eigenvalue weighted by molar-refractivity contribution is -0.645. The summed E-state index contributed by atoms with van der Waals surface area (Å²) >= 11 is 1.62. The Morgan fingerprint density at radius 1 is 1.20 bits per heavy atom. The maximum absolute atomic E-state index is 9.78. The third-order valence-corrected chi connectivity index (χ3v) is 3.21. The van der Waals surface area contributed by atoms with Crippen molar-refractivity contribution >= 4 is 22.7 Å². The molecular formula is C11H12NO2S+. The molecule has 0 aliphatic heterocycles. The molecule has 1 heterocycles. The number of phenolic OH excluding ortho intramolecular Hbond substituents is 2. The number of thioether (sulfide) groups is 1. The summed E-state index contributed by atoms with van der Waals surface area (Å²) in [6.45, 7) is 0. The standard InChI is InChI=1S/C11H11NO2S/c1-12-6-5-9(15-2)7-3-4-8(13)11(14)10(7)12/h3-6,14H,1-2H3/p+1. The molecule has 1 aromatic carbocycles. The van der Waals surface area contributed by atoms with Crippen LogP contribution in [0.2, 0.25) is 0 Å². The fourth-order valence-corrected chi connectivity index (χ4v) is 2.23. The van der Waals surface area contributed by atoms with Gasteiger partial charge in [-0.05, 0) is 18.4 Å². The summed E-state index contributed by atoms with van der Waals surface area (Å²) in [5.41, 5.74) is 0.654. The molecule has 15 heavy (non-hydrogen) atoms. The molecule has 0 atom stereocenters. The van der Waals surface area contributed by atoms with Crippen LogP contribution in [-0.4, -0.2) is 16.5 Å². The Morgan fingerprint density at radius 2 is 1.93 bits per heavy atom. The second kappa shape index (κ2) is 3.62. The molecule has 0 saturated heterocycles. The van der Waals surface area contributed by atoms with Crippen molar-refractivity contribution < 1.29 is 14.8 Å². The van der Waals surface area contributed by atoms with Crippen molar-refractivity contribution in [1.82, 2.24) is 0 Å². The molecule has 1 aromatic heterocycles. The number of aryl methyl sites for hydroxylation is 1. The number of phenols is 2. The molecule has 4 heteroatoms. The van der Waals surface area contributed by atoms with Gasteiger partial charge in [-0.2, -0.15) is 4.57 Å². The highest BCUT2D eigenvalue weighted by atomic mass is 32.2. The van der Waals surface area contributed by atoms with Crippen molar-refractivity contribution in [2.45, 2.75) is 4.90 Å². The van der Waals surface area contributed by atoms with Crippen molar-refractivity contribution in [2.24, 2.45) is 7.05 Å². The van der Waals surface area contributed by atoms with Crippen LogP contribution in [0.3, 0.4) is 0 Å². The van der Waals surface area contributed by atoms with E-state index in [0.717, 1.165) is 10.3 Å². The van der Waals surface area contributed by atoms with Crippen LogP contribution in [0.15, 0.2) is 29.3 Å². The predicted octanol–water partition coefficient (Wildman–Crippen LogP) is 1.80. The second-order valence-corrected chi connectivity index (χ2v) is 4.17. The summed E-state index contributed by atoms with van der Waals surface area (Å²) in [6.07, 6.45) is 3.85. The van der Waals surface area contributed by atoms with E-state index in [1.54, 1.807) is 16.3 Å². The Labute approximate surface area is 92.0 Å². The van der Waals surface area contributed by atoms with Gasteiger partial charge in [0, 0.05) is 11.0 Å². The highest BCUT2D eigenvalue weighted by molar-refractivity contribution is 7.98. The molecule has 0 unspecified atom stereocenters. The average Bonchev–Trinajstić information content (AvgIpc) is 2.24. The van der Waals surface area contributed by atoms with Crippen LogP contribution in [0.25, 0.3) is 10.9 Å². The van der Waals surface area contributed by atoms with Gasteiger partial charge in [0.15, 0.2) is 11.9 Å². The number of fused-ring (bicyclic) bond motifs is 1. The Hall–Kier alpha value is -1.42. The van der Waals surface area contributed by atoms with Gasteiger partial charge in [-0.15, -0.1) is 11.8 Å². The maximum atomic E-state index is 9.78. The minimum absolute atomic E-state index is 0.0640. The molecule has 0 fully saturated rings. The molecule has 0 radical (unpaired) electrons. The summed E-state index contributed by atoms with van der Waals surface area (Å²) in [7, 11) is 1.84. The smallest absolute Gasteiger partial charge is 0.259 e. The first-order valence-corrected chi connectivity index (χ1v) is 5.75. The molecule has 0 spiro atoms. The van der Waals surface area contributed by atoms with Gasteiger partial charge in [0.1, 0.15) is 7.05 Å². The van der Waals surface area contributed by atoms with Crippen molar-refractivity contribution in [3.05, 3.63) is 24.4 Å². The Morgan fingerprint density at radius 3 is 2.60 bits per heavy atom. The predicted molar refractivity (Wildman–Crippen MR) is 60.2 cm³/mol. The molecule has 0 amide bonds. The van der Waals surface area contributed by atoms with Gasteiger partial charge < -0.3 is 10.2 Å². The van der Waals surface area contributed by atoms with Crippen LogP contribution in [-0.2, 0) is 7.05 Å². The van der Waals surface area contributed by atoms with Crippen molar-refractivity contribution in [1.29, 1.82) is 0 Å². The van der Waals surface area contributed by atoms with E-state index in [0.29, 0.717) is 5.52 Å². The SMILES string of the molecule is CSc1cc[n+](C)c2c(O)c(O)ccc12. The van der Waals surface area contributed by atoms with Crippen LogP contribution in [0, 0.1) is 0 Å². The Balaban J connectivity index is 2.93. The summed E-state index contributed by atoms with van der Waals surface area (Å²) in [4.78, 5) is 1.08. The van der Waals surface area contributed by atoms with E-state index in [9.17, 15) is 10.2 Å². The largest absolute Gasteiger partial charge is 0.504 e. The van der Waals surface area contributed by atoms with E-state index in [-0.39, 0.29) is 11.5 Å². The Kier molecular flexibility index (Phi) is 2.44. The third kappa shape index (κ3) is 1.51. The molecule has 2 N–H and O–H groups in total. The lowest BCUT2D eigenvalue weighted by Gasteiger charge is -2.04. The first-order valence-electron chi connectivity index (χ1n) is 4.52. The number of aromatic nitrogens is 1. The van der Waals surface area contributed by atoms with Crippen molar-refractivity contribution in [3.8, 4) is 11.5 Å². The first kappa shape index (κ1) is 10.1. The zero-order valence-corrected chi connectivity index (χ0v) is 9.38. The number of aromatic hydroxyl groups is 2. The van der Waals surface area contributed by atoms with Gasteiger partial charge in [-0.3, -0.25) is 0 Å². The number of benzene rings is 1. The molecule has 0 aliphatic carbocycles. The van der Waals surface area contributed by atoms with Crippen LogP contribution in [0.5, 0.6) is 11.5 Å². The highest BCUT2D eigenvalue weighted by Crippen LogP contribution is 2.34. The Bertz CT molecular complexity index is 525. The molecule has 2 rings (SSSR count). The van der Waals surface area contributed by atoms with E-state index >= 15 is 0 Å². The molecule has 2 aromatic rings. The fraction of sp³-hybridized carbons (Fsp3) is 0.182. The summed E-state index contributed by atoms with van der Waals surface area (Å²) in [5, 5.41) is 20.2. The number of rotatable bonds is 1. The summed E-state index contributed by atoms with van der Waals surface area (Å²) in [5.74, 6) is -0.151. The second-order valence-electron chi connectivity index (χ2n) is 3.32. The maximum Gasteiger partial charge on any atom is 0.259 e. The third-order valence-electron chi connectivity index (χ3n) is 2.42. The highest BCUT2D eigenvalue weighted by Gasteiger charge is 2.16. The van der Waals surface area contributed by atoms with Crippen molar-refractivity contribution in [3.63, 3.8) is 0 Å². The van der Waals surface area contributed by atoms with E-state index in [1.807, 2.05) is 31.6 Å². The van der Waals surface area contributed by atoms with Gasteiger partial charge in [0.25, 0.3) is 5.52 Å². The van der Waals surface area contributed by atoms with Gasteiger partial charge in [0.05, 0.1) is 5.39 Å². The lowest BCUT2D eigenvalue weighted by Crippen LogP contribution is -2.28. The van der Waals surface area contributed by atoms with E-state index in [4.69, 9.17) is 0 Å². The van der Waals surface area contributed by atoms with Crippen LogP contribution < -0.4 is 4.57 Å². The lowest BCUT2D eigenvalue weighted by atomic mass is 10.2. The topological polar surface area (TPSA) is 44.3 Å². The number of pyridine rings is 1. The van der Waals surface area contributed by atoms with E-state index in [1.165, 1.54) is 6.07 Å². The zero-order chi connectivity index (χ0) is 11.0. The molecule has 0 bridgehead atoms. The van der Waals surface area contributed by atoms with E-state index < -0.39 is 0 Å². The number of nitrogens with zero attached hydrogens (tertiary/aromatic N) is 1. The van der Waals surface area contributed by atoms with Gasteiger partial charge in [-0.1, -0.05) is 0 Å². The quantitative estimate of drug-likeness (QED) is 0.439. The average molecular weight is 222 g/mol. The number of hydrogen-bond donors (Lipinski definition) is 2. The fourth-order valence-electron chi connectivity index (χ4n) is 1.65. The van der Waals surface area contributed by atoms with Gasteiger partial charge >= 0.3 is 0 Å². The molecule has 78 valence electrons. The van der Waals surface area contributed by atoms with Crippen LogP contribution >= 0.6 is 11.8 Å². The van der Waals surface area contributed by atoms with Gasteiger partial charge in [-0.25, -0.2) is 0 Å². The van der Waals surface area contributed by atoms with E-state index in [2.05, 4.69) is 0 Å². The van der Waals surface area contributed by atoms with Crippen LogP contribution in [0.4, 0.5) is 0 Å². The molecule has 3 nitrogen and oxygen atoms in total. The molecule has 0 saturated carbocycles. The normalized spacial score (nSPS) is 10.8. The zero-order valence-electron chi connectivity index (χ0n) is 8.56. The minimum Gasteiger partial charge on any atom is -0.504 e. The number of hydrogen-bond acceptors (Lipinski definition) is 3. The van der Waals surface area contributed by atoms with Crippen LogP contribution in [0.1, 0.15) is 0 Å². The molecular weight excluding hydrogens is 210 g/mol. The summed E-state index contributed by atoms with van der Waals surface area (Å²) < 4.78 is 1.80. The monoisotopic (exact) mass is 222 g/mol. The molecule has 0 aliphatic rings. The van der Waals surface area contributed by atoms with Gasteiger partial charge in [0.2, 0.25) is 5.75 Å². The summed E-state index contributed by atoms with van der Waals surface area (Å²) in [6, 6.07) is 5.32.